The summed E-state index contributed by atoms with van der Waals surface area (Å²) >= 11 is 0. The molecule has 1 aliphatic heterocycles. The van der Waals surface area contributed by atoms with Crippen LogP contribution in [0.25, 0.3) is 0 Å². The quantitative estimate of drug-likeness (QED) is 0.859. The summed E-state index contributed by atoms with van der Waals surface area (Å²) in [5, 5.41) is 2.85. The molecular weight excluding hydrogens is 360 g/mol. The number of carbonyl (C=O) groups excluding carboxylic acids is 1. The molecule has 27 heavy (non-hydrogen) atoms. The van der Waals surface area contributed by atoms with Crippen molar-refractivity contribution in [1.82, 2.24) is 4.31 Å². The Balaban J connectivity index is 1.75. The molecule has 1 heterocycles. The molecule has 0 saturated carbocycles. The zero-order valence-electron chi connectivity index (χ0n) is 15.9. The number of benzene rings is 2. The van der Waals surface area contributed by atoms with E-state index in [1.165, 1.54) is 0 Å². The molecule has 2 aromatic carbocycles. The smallest absolute Gasteiger partial charge is 0.255 e. The van der Waals surface area contributed by atoms with Crippen LogP contribution in [0.5, 0.6) is 0 Å². The molecule has 144 valence electrons. The lowest BCUT2D eigenvalue weighted by Crippen LogP contribution is -2.31. The van der Waals surface area contributed by atoms with E-state index in [2.05, 4.69) is 5.32 Å². The van der Waals surface area contributed by atoms with E-state index in [-0.39, 0.29) is 10.8 Å². The van der Waals surface area contributed by atoms with Gasteiger partial charge in [0.25, 0.3) is 5.91 Å². The molecule has 1 aliphatic rings. The highest BCUT2D eigenvalue weighted by Gasteiger charge is 2.25. The van der Waals surface area contributed by atoms with Crippen LogP contribution < -0.4 is 5.32 Å². The van der Waals surface area contributed by atoms with Gasteiger partial charge in [-0.05, 0) is 68.1 Å². The van der Waals surface area contributed by atoms with Crippen LogP contribution in [0.2, 0.25) is 0 Å². The number of hydrogen-bond donors (Lipinski definition) is 1. The van der Waals surface area contributed by atoms with Crippen LogP contribution in [0.4, 0.5) is 5.69 Å². The number of rotatable bonds is 4. The van der Waals surface area contributed by atoms with Crippen molar-refractivity contribution >= 4 is 21.6 Å². The van der Waals surface area contributed by atoms with Crippen LogP contribution >= 0.6 is 0 Å². The first-order valence-corrected chi connectivity index (χ1v) is 10.8. The molecule has 1 N–H and O–H groups in total. The molecule has 6 heteroatoms. The van der Waals surface area contributed by atoms with Crippen molar-refractivity contribution in [2.45, 2.75) is 44.4 Å². The van der Waals surface area contributed by atoms with Gasteiger partial charge in [-0.15, -0.1) is 0 Å². The van der Waals surface area contributed by atoms with Crippen molar-refractivity contribution in [2.24, 2.45) is 0 Å². The maximum absolute atomic E-state index is 12.8. The Hall–Kier alpha value is -2.18. The number of anilines is 1. The Morgan fingerprint density at radius 1 is 0.926 bits per heavy atom. The predicted molar refractivity (Wildman–Crippen MR) is 108 cm³/mol. The summed E-state index contributed by atoms with van der Waals surface area (Å²) in [6.07, 6.45) is 3.97. The molecule has 0 aliphatic carbocycles. The van der Waals surface area contributed by atoms with Crippen LogP contribution in [0.15, 0.2) is 47.4 Å². The Bertz CT molecular complexity index is 913. The van der Waals surface area contributed by atoms with Gasteiger partial charge in [-0.2, -0.15) is 4.31 Å². The van der Waals surface area contributed by atoms with Crippen molar-refractivity contribution in [2.75, 3.05) is 18.4 Å². The molecule has 2 aromatic rings. The number of aryl methyl sites for hydroxylation is 1. The lowest BCUT2D eigenvalue weighted by atomic mass is 10.0. The summed E-state index contributed by atoms with van der Waals surface area (Å²) in [4.78, 5) is 12.8. The summed E-state index contributed by atoms with van der Waals surface area (Å²) in [5.74, 6) is -0.195. The Morgan fingerprint density at radius 3 is 2.19 bits per heavy atom. The Labute approximate surface area is 161 Å². The van der Waals surface area contributed by atoms with Crippen molar-refractivity contribution < 1.29 is 13.2 Å². The van der Waals surface area contributed by atoms with E-state index in [4.69, 9.17) is 0 Å². The molecule has 0 spiro atoms. The fraction of sp³-hybridized carbons (Fsp3) is 0.381. The third-order valence-electron chi connectivity index (χ3n) is 5.16. The van der Waals surface area contributed by atoms with Gasteiger partial charge in [0.15, 0.2) is 0 Å². The maximum Gasteiger partial charge on any atom is 0.255 e. The van der Waals surface area contributed by atoms with Gasteiger partial charge in [-0.3, -0.25) is 4.79 Å². The topological polar surface area (TPSA) is 66.5 Å². The highest BCUT2D eigenvalue weighted by molar-refractivity contribution is 7.89. The van der Waals surface area contributed by atoms with Crippen molar-refractivity contribution in [3.05, 3.63) is 59.2 Å². The van der Waals surface area contributed by atoms with Gasteiger partial charge in [0.2, 0.25) is 10.0 Å². The monoisotopic (exact) mass is 386 g/mol. The summed E-state index contributed by atoms with van der Waals surface area (Å²) in [5.41, 5.74) is 3.20. The lowest BCUT2D eigenvalue weighted by Gasteiger charge is -2.20. The summed E-state index contributed by atoms with van der Waals surface area (Å²) in [6, 6.07) is 12.0. The average molecular weight is 387 g/mol. The van der Waals surface area contributed by atoms with E-state index >= 15 is 0 Å². The molecule has 0 bridgehead atoms. The molecule has 3 rings (SSSR count). The second-order valence-electron chi connectivity index (χ2n) is 7.04. The van der Waals surface area contributed by atoms with E-state index in [0.717, 1.165) is 36.8 Å². The van der Waals surface area contributed by atoms with Crippen molar-refractivity contribution in [3.63, 3.8) is 0 Å². The molecule has 0 aromatic heterocycles. The summed E-state index contributed by atoms with van der Waals surface area (Å²) < 4.78 is 27.2. The average Bonchev–Trinajstić information content (AvgIpc) is 2.94. The number of amides is 1. The maximum atomic E-state index is 12.8. The van der Waals surface area contributed by atoms with Gasteiger partial charge in [0, 0.05) is 24.3 Å². The largest absolute Gasteiger partial charge is 0.322 e. The standard InChI is InChI=1S/C21H26N2O3S/c1-16-8-7-9-20(17(16)2)21(24)22-18-10-12-19(13-11-18)27(25,26)23-14-5-3-4-6-15-23/h7-13H,3-6,14-15H2,1-2H3,(H,22,24). The minimum absolute atomic E-state index is 0.195. The van der Waals surface area contributed by atoms with E-state index < -0.39 is 10.0 Å². The minimum Gasteiger partial charge on any atom is -0.322 e. The van der Waals surface area contributed by atoms with Crippen LogP contribution in [0, 0.1) is 13.8 Å². The molecular formula is C21H26N2O3S. The van der Waals surface area contributed by atoms with Crippen LogP contribution in [0.3, 0.4) is 0 Å². The molecule has 1 fully saturated rings. The van der Waals surface area contributed by atoms with Crippen molar-refractivity contribution in [1.29, 1.82) is 0 Å². The molecule has 0 radical (unpaired) electrons. The first kappa shape index (κ1) is 19.6. The van der Waals surface area contributed by atoms with E-state index in [1.807, 2.05) is 26.0 Å². The van der Waals surface area contributed by atoms with Crippen LogP contribution in [-0.4, -0.2) is 31.7 Å². The first-order chi connectivity index (χ1) is 12.9. The predicted octanol–water partition coefficient (Wildman–Crippen LogP) is 4.12. The van der Waals surface area contributed by atoms with Crippen LogP contribution in [0.1, 0.15) is 47.2 Å². The third-order valence-corrected chi connectivity index (χ3v) is 7.08. The zero-order chi connectivity index (χ0) is 19.4. The first-order valence-electron chi connectivity index (χ1n) is 9.37. The zero-order valence-corrected chi connectivity index (χ0v) is 16.7. The van der Waals surface area contributed by atoms with Gasteiger partial charge in [-0.1, -0.05) is 25.0 Å². The lowest BCUT2D eigenvalue weighted by molar-refractivity contribution is 0.102. The van der Waals surface area contributed by atoms with Gasteiger partial charge in [-0.25, -0.2) is 8.42 Å². The normalized spacial score (nSPS) is 15.9. The molecule has 1 saturated heterocycles. The molecule has 0 atom stereocenters. The minimum atomic E-state index is -3.47. The molecule has 1 amide bonds. The number of nitrogens with one attached hydrogen (secondary N) is 1. The second-order valence-corrected chi connectivity index (χ2v) is 8.98. The number of sulfonamides is 1. The Kier molecular flexibility index (Phi) is 5.97. The van der Waals surface area contributed by atoms with Crippen LogP contribution in [-0.2, 0) is 10.0 Å². The fourth-order valence-corrected chi connectivity index (χ4v) is 4.85. The van der Waals surface area contributed by atoms with E-state index in [9.17, 15) is 13.2 Å². The SMILES string of the molecule is Cc1cccc(C(=O)Nc2ccc(S(=O)(=O)N3CCCCCC3)cc2)c1C. The van der Waals surface area contributed by atoms with Gasteiger partial charge in [0.05, 0.1) is 4.90 Å². The molecule has 5 nitrogen and oxygen atoms in total. The number of carbonyl (C=O) groups is 1. The summed E-state index contributed by atoms with van der Waals surface area (Å²) in [7, 11) is -3.47. The third kappa shape index (κ3) is 4.39. The number of nitrogens with zero attached hydrogens (tertiary/aromatic N) is 1. The fourth-order valence-electron chi connectivity index (χ4n) is 3.34. The Morgan fingerprint density at radius 2 is 1.56 bits per heavy atom. The van der Waals surface area contributed by atoms with Gasteiger partial charge < -0.3 is 5.32 Å². The van der Waals surface area contributed by atoms with Crippen molar-refractivity contribution in [3.8, 4) is 0 Å². The molecule has 0 unspecified atom stereocenters. The van der Waals surface area contributed by atoms with E-state index in [0.29, 0.717) is 24.3 Å². The summed E-state index contributed by atoms with van der Waals surface area (Å²) in [6.45, 7) is 5.04. The highest BCUT2D eigenvalue weighted by Crippen LogP contribution is 2.22. The van der Waals surface area contributed by atoms with Gasteiger partial charge in [0.1, 0.15) is 0 Å². The van der Waals surface area contributed by atoms with Gasteiger partial charge >= 0.3 is 0 Å². The number of hydrogen-bond acceptors (Lipinski definition) is 3. The second kappa shape index (κ2) is 8.23. The highest BCUT2D eigenvalue weighted by atomic mass is 32.2. The van der Waals surface area contributed by atoms with E-state index in [1.54, 1.807) is 34.6 Å².